The average molecular weight is 435 g/mol. The summed E-state index contributed by atoms with van der Waals surface area (Å²) in [6, 6.07) is 8.04. The molecule has 0 N–H and O–H groups in total. The number of cyclic esters (lactones) is 1. The van der Waals surface area contributed by atoms with E-state index in [4.69, 9.17) is 14.1 Å². The van der Waals surface area contributed by atoms with Crippen molar-refractivity contribution >= 4 is 25.2 Å². The lowest BCUT2D eigenvalue weighted by Gasteiger charge is -2.22. The van der Waals surface area contributed by atoms with Crippen LogP contribution < -0.4 is 9.99 Å². The molecular weight excluding hydrogens is 408 g/mol. The van der Waals surface area contributed by atoms with Crippen molar-refractivity contribution in [1.82, 2.24) is 9.55 Å². The number of hydrogen-bond donors (Lipinski definition) is 0. The SMILES string of the molecule is CCc1c2c(nc3ccc(O[Si](C)(C)C)cc13)-c1cc3c(c(=O)n1C2)COC(=O)[C@H]3C. The summed E-state index contributed by atoms with van der Waals surface area (Å²) >= 11 is 0. The minimum Gasteiger partial charge on any atom is -0.544 e. The maximum atomic E-state index is 13.3. The number of hydrogen-bond acceptors (Lipinski definition) is 5. The predicted molar refractivity (Wildman–Crippen MR) is 122 cm³/mol. The first-order chi connectivity index (χ1) is 14.7. The molecule has 0 bridgehead atoms. The van der Waals surface area contributed by atoms with Crippen molar-refractivity contribution in [3.8, 4) is 17.1 Å². The Bertz CT molecular complexity index is 1320. The van der Waals surface area contributed by atoms with E-state index in [1.165, 1.54) is 5.56 Å². The average Bonchev–Trinajstić information content (AvgIpc) is 3.07. The molecule has 1 aromatic carbocycles. The number of rotatable bonds is 3. The van der Waals surface area contributed by atoms with E-state index in [9.17, 15) is 9.59 Å². The molecule has 7 heteroatoms. The van der Waals surface area contributed by atoms with Crippen molar-refractivity contribution in [2.24, 2.45) is 0 Å². The second kappa shape index (κ2) is 6.78. The molecule has 2 aliphatic heterocycles. The van der Waals surface area contributed by atoms with Crippen LogP contribution in [0, 0.1) is 0 Å². The molecule has 0 unspecified atom stereocenters. The molecule has 2 aromatic heterocycles. The van der Waals surface area contributed by atoms with Crippen molar-refractivity contribution in [2.75, 3.05) is 0 Å². The van der Waals surface area contributed by atoms with Crippen LogP contribution in [0.25, 0.3) is 22.3 Å². The van der Waals surface area contributed by atoms with Gasteiger partial charge in [0.25, 0.3) is 5.56 Å². The number of aromatic nitrogens is 2. The summed E-state index contributed by atoms with van der Waals surface area (Å²) in [4.78, 5) is 30.3. The van der Waals surface area contributed by atoms with E-state index < -0.39 is 14.2 Å². The lowest BCUT2D eigenvalue weighted by molar-refractivity contribution is -0.147. The van der Waals surface area contributed by atoms with Crippen molar-refractivity contribution in [3.63, 3.8) is 0 Å². The van der Waals surface area contributed by atoms with Crippen molar-refractivity contribution in [1.29, 1.82) is 0 Å². The van der Waals surface area contributed by atoms with E-state index in [1.54, 1.807) is 11.5 Å². The second-order valence-electron chi connectivity index (χ2n) is 9.35. The molecule has 1 atom stereocenters. The Morgan fingerprint density at radius 1 is 1.19 bits per heavy atom. The number of ether oxygens (including phenoxy) is 1. The summed E-state index contributed by atoms with van der Waals surface area (Å²) in [5.74, 6) is 0.139. The molecule has 4 heterocycles. The zero-order chi connectivity index (χ0) is 22.1. The van der Waals surface area contributed by atoms with E-state index in [0.29, 0.717) is 12.1 Å². The minimum atomic E-state index is -1.73. The minimum absolute atomic E-state index is 0.0431. The van der Waals surface area contributed by atoms with Gasteiger partial charge in [0.1, 0.15) is 12.4 Å². The molecule has 31 heavy (non-hydrogen) atoms. The Kier molecular flexibility index (Phi) is 4.38. The molecule has 0 radical (unpaired) electrons. The van der Waals surface area contributed by atoms with Gasteiger partial charge in [-0.2, -0.15) is 0 Å². The van der Waals surface area contributed by atoms with Gasteiger partial charge in [-0.05, 0) is 68.4 Å². The van der Waals surface area contributed by atoms with Crippen LogP contribution in [0.2, 0.25) is 19.6 Å². The third kappa shape index (κ3) is 3.10. The van der Waals surface area contributed by atoms with E-state index >= 15 is 0 Å². The number of carbonyl (C=O) groups excluding carboxylic acids is 1. The van der Waals surface area contributed by atoms with Crippen LogP contribution in [0.5, 0.6) is 5.75 Å². The van der Waals surface area contributed by atoms with Gasteiger partial charge in [0.2, 0.25) is 8.32 Å². The van der Waals surface area contributed by atoms with Gasteiger partial charge >= 0.3 is 5.97 Å². The molecule has 2 aliphatic rings. The number of nitrogens with zero attached hydrogens (tertiary/aromatic N) is 2. The number of esters is 1. The molecule has 6 nitrogen and oxygen atoms in total. The summed E-state index contributed by atoms with van der Waals surface area (Å²) in [6.07, 6.45) is 0.832. The zero-order valence-electron chi connectivity index (χ0n) is 18.5. The maximum absolute atomic E-state index is 13.3. The van der Waals surface area contributed by atoms with E-state index in [2.05, 4.69) is 32.6 Å². The highest BCUT2D eigenvalue weighted by Gasteiger charge is 2.33. The first kappa shape index (κ1) is 20.0. The quantitative estimate of drug-likeness (QED) is 0.354. The highest BCUT2D eigenvalue weighted by molar-refractivity contribution is 6.70. The molecule has 0 saturated carbocycles. The van der Waals surface area contributed by atoms with Crippen LogP contribution in [-0.2, 0) is 29.1 Å². The molecule has 160 valence electrons. The molecule has 0 spiro atoms. The Labute approximate surface area is 182 Å². The molecule has 0 saturated heterocycles. The van der Waals surface area contributed by atoms with Crippen LogP contribution in [0.3, 0.4) is 0 Å². The van der Waals surface area contributed by atoms with Crippen LogP contribution in [0.1, 0.15) is 42.0 Å². The van der Waals surface area contributed by atoms with Gasteiger partial charge < -0.3 is 13.7 Å². The Morgan fingerprint density at radius 3 is 2.68 bits per heavy atom. The van der Waals surface area contributed by atoms with Crippen molar-refractivity contribution in [2.45, 2.75) is 59.0 Å². The summed E-state index contributed by atoms with van der Waals surface area (Å²) < 4.78 is 13.2. The summed E-state index contributed by atoms with van der Waals surface area (Å²) in [7, 11) is -1.73. The van der Waals surface area contributed by atoms with Crippen molar-refractivity contribution in [3.05, 3.63) is 56.9 Å². The fourth-order valence-corrected chi connectivity index (χ4v) is 5.53. The van der Waals surface area contributed by atoms with Crippen LogP contribution in [-0.4, -0.2) is 23.8 Å². The zero-order valence-corrected chi connectivity index (χ0v) is 19.5. The highest BCUT2D eigenvalue weighted by Crippen LogP contribution is 2.39. The second-order valence-corrected chi connectivity index (χ2v) is 13.8. The van der Waals surface area contributed by atoms with Gasteiger partial charge in [0.05, 0.1) is 34.9 Å². The van der Waals surface area contributed by atoms with Gasteiger partial charge in [-0.15, -0.1) is 0 Å². The van der Waals surface area contributed by atoms with Gasteiger partial charge in [-0.25, -0.2) is 4.98 Å². The van der Waals surface area contributed by atoms with Crippen molar-refractivity contribution < 1.29 is 14.0 Å². The lowest BCUT2D eigenvalue weighted by Crippen LogP contribution is -2.31. The van der Waals surface area contributed by atoms with Gasteiger partial charge in [0, 0.05) is 10.9 Å². The summed E-state index contributed by atoms with van der Waals surface area (Å²) in [6.45, 7) is 11.0. The summed E-state index contributed by atoms with van der Waals surface area (Å²) in [5.41, 5.74) is 6.06. The van der Waals surface area contributed by atoms with Crippen LogP contribution >= 0.6 is 0 Å². The number of benzene rings is 1. The number of pyridine rings is 2. The molecule has 3 aromatic rings. The monoisotopic (exact) mass is 434 g/mol. The largest absolute Gasteiger partial charge is 0.544 e. The van der Waals surface area contributed by atoms with Gasteiger partial charge in [0.15, 0.2) is 0 Å². The van der Waals surface area contributed by atoms with Gasteiger partial charge in [-0.3, -0.25) is 9.59 Å². The Hall–Kier alpha value is -2.93. The molecule has 0 amide bonds. The van der Waals surface area contributed by atoms with E-state index in [-0.39, 0.29) is 18.1 Å². The van der Waals surface area contributed by atoms with Crippen LogP contribution in [0.4, 0.5) is 0 Å². The molecule has 0 fully saturated rings. The van der Waals surface area contributed by atoms with Crippen LogP contribution in [0.15, 0.2) is 29.1 Å². The molecule has 0 aliphatic carbocycles. The molecular formula is C24H26N2O4Si. The normalized spacial score (nSPS) is 17.2. The third-order valence-corrected chi connectivity index (χ3v) is 6.97. The first-order valence-corrected chi connectivity index (χ1v) is 14.2. The first-order valence-electron chi connectivity index (χ1n) is 10.8. The lowest BCUT2D eigenvalue weighted by atomic mass is 9.93. The topological polar surface area (TPSA) is 70.4 Å². The predicted octanol–water partition coefficient (Wildman–Crippen LogP) is 4.36. The fourth-order valence-electron chi connectivity index (χ4n) is 4.70. The third-order valence-electron chi connectivity index (χ3n) is 6.13. The fraction of sp³-hybridized carbons (Fsp3) is 0.375. The summed E-state index contributed by atoms with van der Waals surface area (Å²) in [5, 5.41) is 1.08. The highest BCUT2D eigenvalue weighted by atomic mass is 28.4. The number of aryl methyl sites for hydroxylation is 1. The van der Waals surface area contributed by atoms with E-state index in [1.807, 2.05) is 18.2 Å². The molecule has 5 rings (SSSR count). The smallest absolute Gasteiger partial charge is 0.313 e. The number of carbonyl (C=O) groups is 1. The van der Waals surface area contributed by atoms with Gasteiger partial charge in [-0.1, -0.05) is 6.92 Å². The maximum Gasteiger partial charge on any atom is 0.313 e. The standard InChI is InChI=1S/C24H26N2O4Si/c1-6-15-17-9-14(30-31(3,4)5)7-8-20(17)25-22-18(15)11-26-21(22)10-16-13(2)24(28)29-12-19(16)23(26)27/h7-10,13H,6,11-12H2,1-5H3/t13-/m0/s1. The Morgan fingerprint density at radius 2 is 1.97 bits per heavy atom. The number of fused-ring (bicyclic) bond motifs is 5. The Balaban J connectivity index is 1.72. The van der Waals surface area contributed by atoms with E-state index in [0.717, 1.165) is 45.6 Å².